The summed E-state index contributed by atoms with van der Waals surface area (Å²) < 4.78 is 2.15. The van der Waals surface area contributed by atoms with E-state index in [9.17, 15) is 0 Å². The Bertz CT molecular complexity index is 261. The third-order valence-electron chi connectivity index (χ3n) is 2.66. The zero-order chi connectivity index (χ0) is 9.10. The highest BCUT2D eigenvalue weighted by molar-refractivity contribution is 5.10. The van der Waals surface area contributed by atoms with Gasteiger partial charge in [-0.3, -0.25) is 4.68 Å². The molecule has 3 nitrogen and oxygen atoms in total. The van der Waals surface area contributed by atoms with E-state index < -0.39 is 0 Å². The first kappa shape index (κ1) is 8.75. The SMILES string of the molecule is CCCn1nccc1C1CCNC1. The zero-order valence-electron chi connectivity index (χ0n) is 8.16. The van der Waals surface area contributed by atoms with Gasteiger partial charge in [-0.2, -0.15) is 5.10 Å². The van der Waals surface area contributed by atoms with Crippen LogP contribution in [-0.4, -0.2) is 22.9 Å². The molecule has 1 saturated heterocycles. The molecule has 2 rings (SSSR count). The molecule has 1 atom stereocenters. The standard InChI is InChI=1S/C10H17N3/c1-2-7-13-10(4-6-12-13)9-3-5-11-8-9/h4,6,9,11H,2-3,5,7-8H2,1H3. The van der Waals surface area contributed by atoms with Crippen LogP contribution in [0, 0.1) is 0 Å². The fourth-order valence-electron chi connectivity index (χ4n) is 2.00. The van der Waals surface area contributed by atoms with Crippen LogP contribution in [0.1, 0.15) is 31.4 Å². The van der Waals surface area contributed by atoms with Gasteiger partial charge >= 0.3 is 0 Å². The lowest BCUT2D eigenvalue weighted by Crippen LogP contribution is -2.12. The molecule has 1 N–H and O–H groups in total. The van der Waals surface area contributed by atoms with Crippen LogP contribution in [0.25, 0.3) is 0 Å². The maximum absolute atomic E-state index is 4.34. The molecule has 13 heavy (non-hydrogen) atoms. The minimum atomic E-state index is 0.689. The second-order valence-corrected chi connectivity index (χ2v) is 3.67. The number of nitrogens with one attached hydrogen (secondary N) is 1. The summed E-state index contributed by atoms with van der Waals surface area (Å²) in [6.07, 6.45) is 4.34. The molecule has 0 aromatic carbocycles. The molecular formula is C10H17N3. The number of hydrogen-bond acceptors (Lipinski definition) is 2. The van der Waals surface area contributed by atoms with E-state index in [1.54, 1.807) is 0 Å². The highest BCUT2D eigenvalue weighted by Gasteiger charge is 2.19. The van der Waals surface area contributed by atoms with E-state index in [-0.39, 0.29) is 0 Å². The first-order valence-electron chi connectivity index (χ1n) is 5.14. The summed E-state index contributed by atoms with van der Waals surface area (Å²) in [5.41, 5.74) is 1.41. The molecule has 1 aromatic heterocycles. The Labute approximate surface area is 79.1 Å². The molecule has 0 bridgehead atoms. The average Bonchev–Trinajstić information content (AvgIpc) is 2.71. The molecule has 3 heteroatoms. The summed E-state index contributed by atoms with van der Waals surface area (Å²) in [5.74, 6) is 0.689. The maximum Gasteiger partial charge on any atom is 0.0492 e. The van der Waals surface area contributed by atoms with E-state index in [1.165, 1.54) is 12.1 Å². The molecular weight excluding hydrogens is 162 g/mol. The first-order valence-corrected chi connectivity index (χ1v) is 5.14. The van der Waals surface area contributed by atoms with Crippen LogP contribution in [0.2, 0.25) is 0 Å². The Kier molecular flexibility index (Phi) is 2.64. The molecule has 0 saturated carbocycles. The van der Waals surface area contributed by atoms with E-state index >= 15 is 0 Å². The van der Waals surface area contributed by atoms with Crippen molar-refractivity contribution in [1.29, 1.82) is 0 Å². The van der Waals surface area contributed by atoms with Crippen molar-refractivity contribution in [2.75, 3.05) is 13.1 Å². The number of aromatic nitrogens is 2. The number of nitrogens with zero attached hydrogens (tertiary/aromatic N) is 2. The van der Waals surface area contributed by atoms with Gasteiger partial charge in [-0.1, -0.05) is 6.92 Å². The molecule has 1 aromatic rings. The van der Waals surface area contributed by atoms with Gasteiger partial charge in [0, 0.05) is 30.9 Å². The third kappa shape index (κ3) is 1.75. The van der Waals surface area contributed by atoms with Crippen molar-refractivity contribution in [3.8, 4) is 0 Å². The van der Waals surface area contributed by atoms with Crippen LogP contribution in [-0.2, 0) is 6.54 Å². The molecule has 0 spiro atoms. The highest BCUT2D eigenvalue weighted by atomic mass is 15.3. The van der Waals surface area contributed by atoms with Crippen LogP contribution in [0.4, 0.5) is 0 Å². The fourth-order valence-corrected chi connectivity index (χ4v) is 2.00. The highest BCUT2D eigenvalue weighted by Crippen LogP contribution is 2.21. The summed E-state index contributed by atoms with van der Waals surface area (Å²) in [5, 5.41) is 7.73. The monoisotopic (exact) mass is 179 g/mol. The molecule has 1 aliphatic rings. The second kappa shape index (κ2) is 3.92. The van der Waals surface area contributed by atoms with Gasteiger partial charge < -0.3 is 5.32 Å². The number of rotatable bonds is 3. The Morgan fingerprint density at radius 3 is 3.31 bits per heavy atom. The predicted octanol–water partition coefficient (Wildman–Crippen LogP) is 1.37. The van der Waals surface area contributed by atoms with E-state index in [0.29, 0.717) is 5.92 Å². The van der Waals surface area contributed by atoms with Gasteiger partial charge in [0.1, 0.15) is 0 Å². The van der Waals surface area contributed by atoms with Gasteiger partial charge in [0.05, 0.1) is 0 Å². The van der Waals surface area contributed by atoms with E-state index in [0.717, 1.165) is 26.1 Å². The summed E-state index contributed by atoms with van der Waals surface area (Å²) >= 11 is 0. The number of aryl methyl sites for hydroxylation is 1. The van der Waals surface area contributed by atoms with Crippen LogP contribution in [0.15, 0.2) is 12.3 Å². The minimum absolute atomic E-state index is 0.689. The summed E-state index contributed by atoms with van der Waals surface area (Å²) in [7, 11) is 0. The molecule has 1 fully saturated rings. The summed E-state index contributed by atoms with van der Waals surface area (Å²) in [6, 6.07) is 2.16. The largest absolute Gasteiger partial charge is 0.316 e. The lowest BCUT2D eigenvalue weighted by molar-refractivity contribution is 0.546. The average molecular weight is 179 g/mol. The minimum Gasteiger partial charge on any atom is -0.316 e. The zero-order valence-corrected chi connectivity index (χ0v) is 8.16. The topological polar surface area (TPSA) is 29.9 Å². The van der Waals surface area contributed by atoms with Crippen LogP contribution >= 0.6 is 0 Å². The van der Waals surface area contributed by atoms with Crippen LogP contribution in [0.5, 0.6) is 0 Å². The lowest BCUT2D eigenvalue weighted by atomic mass is 10.1. The molecule has 0 amide bonds. The lowest BCUT2D eigenvalue weighted by Gasteiger charge is -2.10. The Hall–Kier alpha value is -0.830. The molecule has 1 aliphatic heterocycles. The van der Waals surface area contributed by atoms with Gasteiger partial charge in [0.2, 0.25) is 0 Å². The van der Waals surface area contributed by atoms with Crippen molar-refractivity contribution < 1.29 is 0 Å². The van der Waals surface area contributed by atoms with Crippen molar-refractivity contribution >= 4 is 0 Å². The van der Waals surface area contributed by atoms with Crippen molar-refractivity contribution in [3.63, 3.8) is 0 Å². The van der Waals surface area contributed by atoms with Crippen molar-refractivity contribution in [3.05, 3.63) is 18.0 Å². The quantitative estimate of drug-likeness (QED) is 0.759. The fraction of sp³-hybridized carbons (Fsp3) is 0.700. The summed E-state index contributed by atoms with van der Waals surface area (Å²) in [6.45, 7) is 5.52. The third-order valence-corrected chi connectivity index (χ3v) is 2.66. The van der Waals surface area contributed by atoms with Gasteiger partial charge in [0.25, 0.3) is 0 Å². The number of hydrogen-bond donors (Lipinski definition) is 1. The van der Waals surface area contributed by atoms with E-state index in [2.05, 4.69) is 28.1 Å². The van der Waals surface area contributed by atoms with Gasteiger partial charge in [0.15, 0.2) is 0 Å². The first-order chi connectivity index (χ1) is 6.42. The molecule has 0 radical (unpaired) electrons. The van der Waals surface area contributed by atoms with Gasteiger partial charge in [-0.25, -0.2) is 0 Å². The normalized spacial score (nSPS) is 22.4. The smallest absolute Gasteiger partial charge is 0.0492 e. The maximum atomic E-state index is 4.34. The Balaban J connectivity index is 2.13. The van der Waals surface area contributed by atoms with Gasteiger partial charge in [-0.15, -0.1) is 0 Å². The molecule has 72 valence electrons. The van der Waals surface area contributed by atoms with E-state index in [4.69, 9.17) is 0 Å². The Morgan fingerprint density at radius 1 is 1.69 bits per heavy atom. The van der Waals surface area contributed by atoms with Gasteiger partial charge in [-0.05, 0) is 25.5 Å². The molecule has 2 heterocycles. The van der Waals surface area contributed by atoms with Crippen LogP contribution < -0.4 is 5.32 Å². The summed E-state index contributed by atoms with van der Waals surface area (Å²) in [4.78, 5) is 0. The van der Waals surface area contributed by atoms with Crippen molar-refractivity contribution in [2.24, 2.45) is 0 Å². The predicted molar refractivity (Wildman–Crippen MR) is 52.7 cm³/mol. The Morgan fingerprint density at radius 2 is 2.62 bits per heavy atom. The molecule has 0 aliphatic carbocycles. The van der Waals surface area contributed by atoms with Crippen LogP contribution in [0.3, 0.4) is 0 Å². The van der Waals surface area contributed by atoms with E-state index in [1.807, 2.05) is 6.20 Å². The second-order valence-electron chi connectivity index (χ2n) is 3.67. The van der Waals surface area contributed by atoms with Crippen molar-refractivity contribution in [1.82, 2.24) is 15.1 Å². The van der Waals surface area contributed by atoms with Crippen molar-refractivity contribution in [2.45, 2.75) is 32.2 Å². The molecule has 1 unspecified atom stereocenters.